The maximum atomic E-state index is 11.0. The zero-order chi connectivity index (χ0) is 19.4. The minimum absolute atomic E-state index is 0.0924. The third-order valence-corrected chi connectivity index (χ3v) is 4.81. The number of anilines is 1. The molecule has 0 spiro atoms. The zero-order valence-electron chi connectivity index (χ0n) is 13.9. The van der Waals surface area contributed by atoms with Crippen molar-refractivity contribution in [3.05, 3.63) is 93.7 Å². The van der Waals surface area contributed by atoms with E-state index in [1.165, 1.54) is 0 Å². The maximum Gasteiger partial charge on any atom is 0.288 e. The lowest BCUT2D eigenvalue weighted by Crippen LogP contribution is -2.38. The standard InChI is InChI=1S/C20H13Cl3N2OS/c21-13-4-7-15(8-5-13)24-20(27)18(25-10-2-1-3-11-25)19(26)16-12-14(22)6-9-17(16)23/h1-12H,(H-,24,26,27)/p+1. The predicted octanol–water partition coefficient (Wildman–Crippen LogP) is 6.26. The summed E-state index contributed by atoms with van der Waals surface area (Å²) in [6.45, 7) is 0. The van der Waals surface area contributed by atoms with Gasteiger partial charge in [-0.2, -0.15) is 4.57 Å². The Morgan fingerprint density at radius 2 is 1.52 bits per heavy atom. The summed E-state index contributed by atoms with van der Waals surface area (Å²) in [5.41, 5.74) is 1.49. The number of hydrogen-bond donors (Lipinski definition) is 2. The lowest BCUT2D eigenvalue weighted by atomic mass is 10.1. The molecule has 7 heteroatoms. The number of nitrogens with zero attached hydrogens (tertiary/aromatic N) is 1. The molecule has 0 amide bonds. The molecule has 2 N–H and O–H groups in total. The van der Waals surface area contributed by atoms with Gasteiger partial charge < -0.3 is 10.4 Å². The Morgan fingerprint density at radius 1 is 0.889 bits per heavy atom. The van der Waals surface area contributed by atoms with E-state index in [9.17, 15) is 5.11 Å². The Hall–Kier alpha value is -2.11. The number of aliphatic hydroxyl groups excluding tert-OH is 1. The molecule has 0 aliphatic heterocycles. The van der Waals surface area contributed by atoms with Crippen LogP contribution in [0.3, 0.4) is 0 Å². The van der Waals surface area contributed by atoms with Crippen molar-refractivity contribution in [1.29, 1.82) is 0 Å². The number of nitrogens with one attached hydrogen (secondary N) is 1. The molecule has 0 atom stereocenters. The second-order valence-electron chi connectivity index (χ2n) is 5.57. The van der Waals surface area contributed by atoms with Gasteiger partial charge in [0.15, 0.2) is 17.4 Å². The van der Waals surface area contributed by atoms with E-state index < -0.39 is 0 Å². The molecule has 0 aliphatic carbocycles. The van der Waals surface area contributed by atoms with Gasteiger partial charge in [-0.3, -0.25) is 0 Å². The minimum atomic E-state index is -0.0924. The number of pyridine rings is 1. The lowest BCUT2D eigenvalue weighted by Gasteiger charge is -2.11. The summed E-state index contributed by atoms with van der Waals surface area (Å²) in [4.78, 5) is 0.307. The SMILES string of the molecule is OC(=C(C(=S)Nc1ccc(Cl)cc1)[n+]1ccccc1)c1cc(Cl)ccc1Cl. The molecule has 136 valence electrons. The van der Waals surface area contributed by atoms with Crippen molar-refractivity contribution in [3.8, 4) is 0 Å². The highest BCUT2D eigenvalue weighted by Gasteiger charge is 2.25. The van der Waals surface area contributed by atoms with Crippen molar-refractivity contribution in [2.24, 2.45) is 0 Å². The average Bonchev–Trinajstić information content (AvgIpc) is 2.66. The average molecular weight is 437 g/mol. The van der Waals surface area contributed by atoms with Crippen LogP contribution in [0.15, 0.2) is 73.1 Å². The molecule has 0 saturated carbocycles. The Balaban J connectivity index is 2.09. The Morgan fingerprint density at radius 3 is 2.19 bits per heavy atom. The van der Waals surface area contributed by atoms with Crippen LogP contribution in [0.2, 0.25) is 15.1 Å². The van der Waals surface area contributed by atoms with Gasteiger partial charge >= 0.3 is 0 Å². The summed E-state index contributed by atoms with van der Waals surface area (Å²) in [7, 11) is 0. The zero-order valence-corrected chi connectivity index (χ0v) is 16.9. The van der Waals surface area contributed by atoms with Gasteiger partial charge in [-0.05, 0) is 42.5 Å². The molecule has 1 heterocycles. The molecule has 27 heavy (non-hydrogen) atoms. The Bertz CT molecular complexity index is 1010. The molecule has 3 nitrogen and oxygen atoms in total. The van der Waals surface area contributed by atoms with Gasteiger partial charge in [0.2, 0.25) is 5.76 Å². The summed E-state index contributed by atoms with van der Waals surface area (Å²) in [5, 5.41) is 15.5. The highest BCUT2D eigenvalue weighted by atomic mass is 35.5. The first-order valence-electron chi connectivity index (χ1n) is 7.88. The van der Waals surface area contributed by atoms with Crippen LogP contribution in [0.4, 0.5) is 5.69 Å². The fraction of sp³-hybridized carbons (Fsp3) is 0. The van der Waals surface area contributed by atoms with Gasteiger partial charge in [0, 0.05) is 33.4 Å². The largest absolute Gasteiger partial charge is 0.502 e. The van der Waals surface area contributed by atoms with E-state index >= 15 is 0 Å². The van der Waals surface area contributed by atoms with Crippen LogP contribution in [0, 0.1) is 0 Å². The summed E-state index contributed by atoms with van der Waals surface area (Å²) >= 11 is 23.8. The Labute approximate surface area is 177 Å². The van der Waals surface area contributed by atoms with Crippen LogP contribution in [-0.4, -0.2) is 10.1 Å². The van der Waals surface area contributed by atoms with Gasteiger partial charge in [-0.25, -0.2) is 0 Å². The molecule has 3 aromatic rings. The van der Waals surface area contributed by atoms with Crippen LogP contribution in [-0.2, 0) is 0 Å². The number of thiocarbonyl (C=S) groups is 1. The molecule has 1 aromatic heterocycles. The molecule has 0 fully saturated rings. The molecule has 3 rings (SSSR count). The Kier molecular flexibility index (Phi) is 6.34. The molecule has 0 bridgehead atoms. The van der Waals surface area contributed by atoms with Crippen molar-refractivity contribution < 1.29 is 9.67 Å². The topological polar surface area (TPSA) is 36.1 Å². The van der Waals surface area contributed by atoms with Gasteiger partial charge in [0.05, 0.1) is 5.02 Å². The van der Waals surface area contributed by atoms with E-state index in [1.807, 2.05) is 18.2 Å². The van der Waals surface area contributed by atoms with Gasteiger partial charge in [-0.1, -0.05) is 53.1 Å². The number of benzene rings is 2. The number of halogens is 3. The van der Waals surface area contributed by atoms with E-state index in [0.717, 1.165) is 5.69 Å². The van der Waals surface area contributed by atoms with Gasteiger partial charge in [-0.15, -0.1) is 0 Å². The van der Waals surface area contributed by atoms with Crippen LogP contribution < -0.4 is 9.88 Å². The minimum Gasteiger partial charge on any atom is -0.502 e. The van der Waals surface area contributed by atoms with Crippen molar-refractivity contribution in [2.75, 3.05) is 5.32 Å². The monoisotopic (exact) mass is 435 g/mol. The molecular formula is C20H14Cl3N2OS+. The molecule has 2 aromatic carbocycles. The molecule has 0 unspecified atom stereocenters. The fourth-order valence-electron chi connectivity index (χ4n) is 2.42. The van der Waals surface area contributed by atoms with Crippen molar-refractivity contribution in [3.63, 3.8) is 0 Å². The second kappa shape index (κ2) is 8.72. The van der Waals surface area contributed by atoms with Crippen molar-refractivity contribution >= 4 is 69.2 Å². The van der Waals surface area contributed by atoms with Gasteiger partial charge in [0.25, 0.3) is 5.70 Å². The fourth-order valence-corrected chi connectivity index (χ4v) is 3.25. The van der Waals surface area contributed by atoms with E-state index in [-0.39, 0.29) is 5.76 Å². The number of aliphatic hydroxyl groups is 1. The highest BCUT2D eigenvalue weighted by Crippen LogP contribution is 2.28. The third-order valence-electron chi connectivity index (χ3n) is 3.70. The molecule has 0 radical (unpaired) electrons. The van der Waals surface area contributed by atoms with E-state index in [0.29, 0.717) is 31.3 Å². The maximum absolute atomic E-state index is 11.0. The smallest absolute Gasteiger partial charge is 0.288 e. The van der Waals surface area contributed by atoms with E-state index in [4.69, 9.17) is 47.0 Å². The lowest BCUT2D eigenvalue weighted by molar-refractivity contribution is -0.575. The number of rotatable bonds is 4. The first-order chi connectivity index (χ1) is 13.0. The second-order valence-corrected chi connectivity index (χ2v) is 7.25. The quantitative estimate of drug-likeness (QED) is 0.219. The number of hydrogen-bond acceptors (Lipinski definition) is 2. The molecular weight excluding hydrogens is 423 g/mol. The predicted molar refractivity (Wildman–Crippen MR) is 117 cm³/mol. The number of aromatic nitrogens is 1. The molecule has 0 saturated heterocycles. The van der Waals surface area contributed by atoms with Gasteiger partial charge in [0.1, 0.15) is 0 Å². The summed E-state index contributed by atoms with van der Waals surface area (Å²) in [6.07, 6.45) is 3.56. The summed E-state index contributed by atoms with van der Waals surface area (Å²) in [6, 6.07) is 17.5. The highest BCUT2D eigenvalue weighted by molar-refractivity contribution is 7.81. The summed E-state index contributed by atoms with van der Waals surface area (Å²) < 4.78 is 1.71. The van der Waals surface area contributed by atoms with Crippen LogP contribution in [0.1, 0.15) is 5.56 Å². The normalized spacial score (nSPS) is 11.7. The first-order valence-corrected chi connectivity index (χ1v) is 9.42. The first kappa shape index (κ1) is 19.6. The molecule has 0 aliphatic rings. The van der Waals surface area contributed by atoms with Crippen LogP contribution in [0.25, 0.3) is 11.5 Å². The van der Waals surface area contributed by atoms with E-state index in [1.54, 1.807) is 59.4 Å². The van der Waals surface area contributed by atoms with E-state index in [2.05, 4.69) is 5.32 Å². The summed E-state index contributed by atoms with van der Waals surface area (Å²) in [5.74, 6) is -0.0924. The van der Waals surface area contributed by atoms with Crippen molar-refractivity contribution in [1.82, 2.24) is 0 Å². The van der Waals surface area contributed by atoms with Crippen LogP contribution in [0.5, 0.6) is 0 Å². The van der Waals surface area contributed by atoms with Crippen LogP contribution >= 0.6 is 47.0 Å². The van der Waals surface area contributed by atoms with Crippen molar-refractivity contribution in [2.45, 2.75) is 0 Å². The third kappa shape index (κ3) is 4.79.